The smallest absolute Gasteiger partial charge is 0.508 e. The van der Waals surface area contributed by atoms with E-state index in [0.717, 1.165) is 36.9 Å². The normalized spacial score (nSPS) is 17.7. The molecule has 0 unspecified atom stereocenters. The second kappa shape index (κ2) is 11.9. The van der Waals surface area contributed by atoms with Gasteiger partial charge >= 0.3 is 6.36 Å². The molecule has 1 amide bonds. The van der Waals surface area contributed by atoms with Crippen molar-refractivity contribution in [3.05, 3.63) is 75.7 Å². The molecule has 3 aromatic rings. The number of thioether (sulfide) groups is 1. The summed E-state index contributed by atoms with van der Waals surface area (Å²) in [5, 5.41) is 14.5. The highest BCUT2D eigenvalue weighted by Crippen LogP contribution is 2.48. The second-order valence-corrected chi connectivity index (χ2v) is 12.8. The van der Waals surface area contributed by atoms with E-state index in [0.29, 0.717) is 47.7 Å². The molecule has 1 aliphatic heterocycles. The Balaban J connectivity index is 1.08. The van der Waals surface area contributed by atoms with Crippen LogP contribution in [0.4, 0.5) is 13.2 Å². The van der Waals surface area contributed by atoms with Crippen molar-refractivity contribution in [1.29, 1.82) is 0 Å². The Kier molecular flexibility index (Phi) is 8.16. The molecule has 6 rings (SSSR count). The Morgan fingerprint density at radius 3 is 2.58 bits per heavy atom. The van der Waals surface area contributed by atoms with E-state index < -0.39 is 6.36 Å². The summed E-state index contributed by atoms with van der Waals surface area (Å²) in [7, 11) is 0. The third kappa shape index (κ3) is 6.70. The van der Waals surface area contributed by atoms with Crippen molar-refractivity contribution < 1.29 is 27.8 Å². The first-order valence-corrected chi connectivity index (χ1v) is 15.4. The molecule has 2 fully saturated rings. The van der Waals surface area contributed by atoms with Crippen LogP contribution in [0.2, 0.25) is 0 Å². The standard InChI is InChI=1S/C31H33F3N4O4S/c32-31(33,34)42-23-9-7-20(8-10-23)30(13-14-30)19-35-15-11-27(40)37-16-12-26-25(18-37)28(41)38(21-3-1-4-22(39)17-21)29(36-26)43-24-5-2-6-24/h1,3-4,7-10,17,24,35,39H,2,5-6,11-16,18-19H2. The molecular formula is C31H33F3N4O4S. The van der Waals surface area contributed by atoms with E-state index in [-0.39, 0.29) is 41.3 Å². The Labute approximate surface area is 251 Å². The van der Waals surface area contributed by atoms with Crippen LogP contribution < -0.4 is 15.6 Å². The number of aromatic hydroxyl groups is 1. The second-order valence-electron chi connectivity index (χ2n) is 11.5. The van der Waals surface area contributed by atoms with Crippen LogP contribution in [0.15, 0.2) is 58.5 Å². The fraction of sp³-hybridized carbons (Fsp3) is 0.452. The summed E-state index contributed by atoms with van der Waals surface area (Å²) in [5.41, 5.74) is 2.36. The molecule has 43 heavy (non-hydrogen) atoms. The zero-order valence-electron chi connectivity index (χ0n) is 23.5. The van der Waals surface area contributed by atoms with Crippen LogP contribution in [-0.2, 0) is 23.2 Å². The Morgan fingerprint density at radius 1 is 1.16 bits per heavy atom. The SMILES string of the molecule is O=C(CCNCC1(c2ccc(OC(F)(F)F)cc2)CC1)N1CCc2nc(SC3CCC3)n(-c3cccc(O)c3)c(=O)c2C1. The number of carbonyl (C=O) groups is 1. The van der Waals surface area contributed by atoms with Gasteiger partial charge in [0, 0.05) is 49.2 Å². The molecule has 2 saturated carbocycles. The quantitative estimate of drug-likeness (QED) is 0.243. The fourth-order valence-corrected chi connectivity index (χ4v) is 6.98. The lowest BCUT2D eigenvalue weighted by molar-refractivity contribution is -0.274. The van der Waals surface area contributed by atoms with Crippen LogP contribution >= 0.6 is 11.8 Å². The zero-order chi connectivity index (χ0) is 30.2. The van der Waals surface area contributed by atoms with Crippen LogP contribution in [0.25, 0.3) is 5.69 Å². The number of hydrogen-bond acceptors (Lipinski definition) is 7. The number of rotatable bonds is 10. The maximum atomic E-state index is 13.8. The van der Waals surface area contributed by atoms with Gasteiger partial charge in [0.15, 0.2) is 5.16 Å². The molecule has 1 aromatic heterocycles. The van der Waals surface area contributed by atoms with Gasteiger partial charge in [-0.05, 0) is 55.5 Å². The molecule has 0 bridgehead atoms. The van der Waals surface area contributed by atoms with Crippen molar-refractivity contribution in [1.82, 2.24) is 19.8 Å². The lowest BCUT2D eigenvalue weighted by Crippen LogP contribution is -2.42. The van der Waals surface area contributed by atoms with Gasteiger partial charge in [0.1, 0.15) is 11.5 Å². The van der Waals surface area contributed by atoms with Crippen LogP contribution in [0.5, 0.6) is 11.5 Å². The maximum absolute atomic E-state index is 13.8. The van der Waals surface area contributed by atoms with Crippen LogP contribution in [0.1, 0.15) is 55.3 Å². The molecule has 0 saturated heterocycles. The van der Waals surface area contributed by atoms with Crippen LogP contribution in [0.3, 0.4) is 0 Å². The maximum Gasteiger partial charge on any atom is 0.573 e. The Bertz CT molecular complexity index is 1550. The number of nitrogens with one attached hydrogen (secondary N) is 1. The molecule has 0 atom stereocenters. The molecule has 2 aliphatic carbocycles. The molecule has 2 N–H and O–H groups in total. The topological polar surface area (TPSA) is 96.7 Å². The van der Waals surface area contributed by atoms with Gasteiger partial charge in [-0.3, -0.25) is 14.2 Å². The largest absolute Gasteiger partial charge is 0.573 e. The van der Waals surface area contributed by atoms with Crippen molar-refractivity contribution in [2.24, 2.45) is 0 Å². The average Bonchev–Trinajstić information content (AvgIpc) is 3.73. The zero-order valence-corrected chi connectivity index (χ0v) is 24.3. The van der Waals surface area contributed by atoms with Gasteiger partial charge in [-0.15, -0.1) is 13.2 Å². The van der Waals surface area contributed by atoms with Crippen molar-refractivity contribution in [2.75, 3.05) is 19.6 Å². The number of phenolic OH excluding ortho intramolecular Hbond substituents is 1. The van der Waals surface area contributed by atoms with Crippen molar-refractivity contribution in [2.45, 2.75) is 73.7 Å². The number of fused-ring (bicyclic) bond motifs is 1. The van der Waals surface area contributed by atoms with E-state index >= 15 is 0 Å². The van der Waals surface area contributed by atoms with Gasteiger partial charge in [-0.2, -0.15) is 0 Å². The highest BCUT2D eigenvalue weighted by Gasteiger charge is 2.44. The minimum atomic E-state index is -4.72. The van der Waals surface area contributed by atoms with Gasteiger partial charge in [0.05, 0.1) is 23.5 Å². The first kappa shape index (κ1) is 29.6. The monoisotopic (exact) mass is 614 g/mol. The number of halogens is 3. The van der Waals surface area contributed by atoms with Gasteiger partial charge < -0.3 is 20.1 Å². The number of phenols is 1. The summed E-state index contributed by atoms with van der Waals surface area (Å²) in [4.78, 5) is 33.6. The predicted octanol–water partition coefficient (Wildman–Crippen LogP) is 5.08. The average molecular weight is 615 g/mol. The van der Waals surface area contributed by atoms with E-state index in [1.54, 1.807) is 57.6 Å². The Hall–Kier alpha value is -3.51. The first-order valence-electron chi connectivity index (χ1n) is 14.6. The van der Waals surface area contributed by atoms with Gasteiger partial charge in [-0.25, -0.2) is 4.98 Å². The molecule has 3 aliphatic rings. The number of benzene rings is 2. The number of aromatic nitrogens is 2. The van der Waals surface area contributed by atoms with Gasteiger partial charge in [-0.1, -0.05) is 36.4 Å². The molecule has 2 aromatic carbocycles. The minimum Gasteiger partial charge on any atom is -0.508 e. The molecule has 0 spiro atoms. The summed E-state index contributed by atoms with van der Waals surface area (Å²) < 4.78 is 42.9. The molecular weight excluding hydrogens is 581 g/mol. The Morgan fingerprint density at radius 2 is 1.93 bits per heavy atom. The number of carbonyl (C=O) groups excluding carboxylic acids is 1. The van der Waals surface area contributed by atoms with Crippen molar-refractivity contribution in [3.8, 4) is 17.2 Å². The number of hydrogen-bond donors (Lipinski definition) is 2. The number of amides is 1. The lowest BCUT2D eigenvalue weighted by Gasteiger charge is -2.30. The summed E-state index contributed by atoms with van der Waals surface area (Å²) in [6, 6.07) is 12.6. The van der Waals surface area contributed by atoms with E-state index in [9.17, 15) is 27.9 Å². The molecule has 12 heteroatoms. The van der Waals surface area contributed by atoms with Gasteiger partial charge in [0.2, 0.25) is 5.91 Å². The number of nitrogens with zero attached hydrogens (tertiary/aromatic N) is 3. The molecule has 0 radical (unpaired) electrons. The predicted molar refractivity (Wildman–Crippen MR) is 156 cm³/mol. The van der Waals surface area contributed by atoms with Crippen molar-refractivity contribution in [3.63, 3.8) is 0 Å². The van der Waals surface area contributed by atoms with Gasteiger partial charge in [0.25, 0.3) is 5.56 Å². The molecule has 8 nitrogen and oxygen atoms in total. The van der Waals surface area contributed by atoms with E-state index in [1.165, 1.54) is 18.6 Å². The highest BCUT2D eigenvalue weighted by atomic mass is 32.2. The summed E-state index contributed by atoms with van der Waals surface area (Å²) in [5.74, 6) is -0.245. The van der Waals surface area contributed by atoms with E-state index in [2.05, 4.69) is 10.1 Å². The van der Waals surface area contributed by atoms with E-state index in [1.807, 2.05) is 0 Å². The van der Waals surface area contributed by atoms with Crippen molar-refractivity contribution >= 4 is 17.7 Å². The highest BCUT2D eigenvalue weighted by molar-refractivity contribution is 7.99. The first-order chi connectivity index (χ1) is 20.6. The third-order valence-corrected chi connectivity index (χ3v) is 9.79. The van der Waals surface area contributed by atoms with Crippen LogP contribution in [0, 0.1) is 0 Å². The number of alkyl halides is 3. The third-order valence-electron chi connectivity index (χ3n) is 8.50. The number of ether oxygens (including phenoxy) is 1. The molecule has 2 heterocycles. The van der Waals surface area contributed by atoms with Crippen LogP contribution in [-0.4, -0.2) is 56.7 Å². The minimum absolute atomic E-state index is 0.0616. The van der Waals surface area contributed by atoms with E-state index in [4.69, 9.17) is 4.98 Å². The summed E-state index contributed by atoms with van der Waals surface area (Å²) in [6.45, 7) is 1.73. The fourth-order valence-electron chi connectivity index (χ4n) is 5.65. The summed E-state index contributed by atoms with van der Waals surface area (Å²) >= 11 is 1.60. The molecule has 228 valence electrons. The lowest BCUT2D eigenvalue weighted by atomic mass is 9.96. The summed E-state index contributed by atoms with van der Waals surface area (Å²) in [6.07, 6.45) is 1.19.